The van der Waals surface area contributed by atoms with E-state index >= 15 is 0 Å². The van der Waals surface area contributed by atoms with Crippen LogP contribution in [0.2, 0.25) is 5.02 Å². The number of halogens is 1. The fourth-order valence-corrected chi connectivity index (χ4v) is 3.23. The molecule has 1 unspecified atom stereocenters. The fourth-order valence-electron chi connectivity index (χ4n) is 3.10. The predicted octanol–water partition coefficient (Wildman–Crippen LogP) is 3.81. The first-order valence-corrected chi connectivity index (χ1v) is 8.44. The first-order chi connectivity index (χ1) is 11.0. The lowest BCUT2D eigenvalue weighted by atomic mass is 10.0. The van der Waals surface area contributed by atoms with E-state index in [4.69, 9.17) is 16.0 Å². The van der Waals surface area contributed by atoms with Crippen LogP contribution in [-0.4, -0.2) is 33.2 Å². The third kappa shape index (κ3) is 3.15. The van der Waals surface area contributed by atoms with Crippen molar-refractivity contribution >= 4 is 17.5 Å². The maximum absolute atomic E-state index is 12.6. The van der Waals surface area contributed by atoms with Crippen molar-refractivity contribution < 1.29 is 9.21 Å². The molecule has 0 saturated carbocycles. The van der Waals surface area contributed by atoms with Gasteiger partial charge in [0.2, 0.25) is 0 Å². The molecule has 3 rings (SSSR count). The number of piperidine rings is 1. The van der Waals surface area contributed by atoms with Gasteiger partial charge in [-0.15, -0.1) is 0 Å². The Bertz CT molecular complexity index is 719. The highest BCUT2D eigenvalue weighted by molar-refractivity contribution is 6.31. The summed E-state index contributed by atoms with van der Waals surface area (Å²) >= 11 is 6.16. The molecule has 6 heteroatoms. The summed E-state index contributed by atoms with van der Waals surface area (Å²) in [6, 6.07) is 3.87. The first-order valence-electron chi connectivity index (χ1n) is 8.06. The average molecular weight is 336 g/mol. The SMILES string of the molecule is Cc1nn(Cc2ccc(C(=O)N3CCCCC3C)o2)c(C)c1Cl. The van der Waals surface area contributed by atoms with E-state index in [2.05, 4.69) is 12.0 Å². The van der Waals surface area contributed by atoms with Gasteiger partial charge < -0.3 is 9.32 Å². The zero-order chi connectivity index (χ0) is 16.6. The molecule has 1 aliphatic heterocycles. The maximum Gasteiger partial charge on any atom is 0.289 e. The number of hydrogen-bond donors (Lipinski definition) is 0. The van der Waals surface area contributed by atoms with Crippen molar-refractivity contribution in [3.8, 4) is 0 Å². The van der Waals surface area contributed by atoms with Crippen LogP contribution in [0.25, 0.3) is 0 Å². The van der Waals surface area contributed by atoms with E-state index in [1.165, 1.54) is 6.42 Å². The van der Waals surface area contributed by atoms with Crippen molar-refractivity contribution in [2.45, 2.75) is 52.6 Å². The second-order valence-corrected chi connectivity index (χ2v) is 6.63. The van der Waals surface area contributed by atoms with Crippen LogP contribution >= 0.6 is 11.6 Å². The molecule has 23 heavy (non-hydrogen) atoms. The highest BCUT2D eigenvalue weighted by atomic mass is 35.5. The van der Waals surface area contributed by atoms with Gasteiger partial charge in [-0.3, -0.25) is 9.48 Å². The van der Waals surface area contributed by atoms with E-state index in [1.54, 1.807) is 10.7 Å². The number of carbonyl (C=O) groups is 1. The lowest BCUT2D eigenvalue weighted by Crippen LogP contribution is -2.41. The van der Waals surface area contributed by atoms with Crippen LogP contribution in [-0.2, 0) is 6.54 Å². The molecular formula is C17H22ClN3O2. The highest BCUT2D eigenvalue weighted by Gasteiger charge is 2.26. The van der Waals surface area contributed by atoms with Crippen LogP contribution in [0.3, 0.4) is 0 Å². The molecule has 5 nitrogen and oxygen atoms in total. The molecule has 1 amide bonds. The summed E-state index contributed by atoms with van der Waals surface area (Å²) in [7, 11) is 0. The van der Waals surface area contributed by atoms with Crippen LogP contribution in [0.5, 0.6) is 0 Å². The van der Waals surface area contributed by atoms with Gasteiger partial charge in [-0.2, -0.15) is 5.10 Å². The molecule has 0 aliphatic carbocycles. The zero-order valence-corrected chi connectivity index (χ0v) is 14.6. The minimum absolute atomic E-state index is 0.0187. The van der Waals surface area contributed by atoms with E-state index in [9.17, 15) is 4.79 Å². The van der Waals surface area contributed by atoms with Crippen LogP contribution in [0.4, 0.5) is 0 Å². The maximum atomic E-state index is 12.6. The Morgan fingerprint density at radius 3 is 2.83 bits per heavy atom. The molecule has 2 aromatic rings. The largest absolute Gasteiger partial charge is 0.454 e. The average Bonchev–Trinajstić information content (AvgIpc) is 3.09. The Balaban J connectivity index is 1.75. The molecule has 0 spiro atoms. The van der Waals surface area contributed by atoms with Gasteiger partial charge in [0.25, 0.3) is 5.91 Å². The number of likely N-dealkylation sites (tertiary alicyclic amines) is 1. The van der Waals surface area contributed by atoms with Gasteiger partial charge in [-0.1, -0.05) is 11.6 Å². The summed E-state index contributed by atoms with van der Waals surface area (Å²) in [5.74, 6) is 1.09. The molecule has 124 valence electrons. The summed E-state index contributed by atoms with van der Waals surface area (Å²) in [6.07, 6.45) is 3.31. The summed E-state index contributed by atoms with van der Waals surface area (Å²) < 4.78 is 7.56. The second-order valence-electron chi connectivity index (χ2n) is 6.25. The van der Waals surface area contributed by atoms with E-state index in [0.717, 1.165) is 30.8 Å². The molecule has 1 fully saturated rings. The molecule has 0 aromatic carbocycles. The molecule has 0 radical (unpaired) electrons. The Hall–Kier alpha value is -1.75. The number of amides is 1. The Morgan fingerprint density at radius 1 is 1.39 bits per heavy atom. The minimum atomic E-state index is -0.0187. The van der Waals surface area contributed by atoms with Gasteiger partial charge in [-0.25, -0.2) is 0 Å². The zero-order valence-electron chi connectivity index (χ0n) is 13.8. The number of hydrogen-bond acceptors (Lipinski definition) is 3. The lowest BCUT2D eigenvalue weighted by molar-refractivity contribution is 0.0601. The quantitative estimate of drug-likeness (QED) is 0.857. The number of nitrogens with zero attached hydrogens (tertiary/aromatic N) is 3. The van der Waals surface area contributed by atoms with Gasteiger partial charge in [0.05, 0.1) is 23.0 Å². The molecular weight excluding hydrogens is 314 g/mol. The third-order valence-electron chi connectivity index (χ3n) is 4.54. The molecule has 1 atom stereocenters. The Kier molecular flexibility index (Phi) is 4.48. The van der Waals surface area contributed by atoms with Gasteiger partial charge in [0.1, 0.15) is 5.76 Å². The number of furan rings is 1. The number of carbonyl (C=O) groups excluding carboxylic acids is 1. The number of aryl methyl sites for hydroxylation is 1. The second kappa shape index (κ2) is 6.40. The molecule has 3 heterocycles. The van der Waals surface area contributed by atoms with Crippen molar-refractivity contribution in [1.29, 1.82) is 0 Å². The van der Waals surface area contributed by atoms with E-state index < -0.39 is 0 Å². The van der Waals surface area contributed by atoms with Gasteiger partial charge in [0, 0.05) is 12.6 Å². The third-order valence-corrected chi connectivity index (χ3v) is 5.08. The van der Waals surface area contributed by atoms with Crippen LogP contribution in [0.1, 0.15) is 53.9 Å². The Labute approximate surface area is 141 Å². The predicted molar refractivity (Wildman–Crippen MR) is 88.9 cm³/mol. The molecule has 0 N–H and O–H groups in total. The first kappa shape index (κ1) is 16.1. The normalized spacial score (nSPS) is 18.4. The van der Waals surface area contributed by atoms with E-state index in [1.807, 2.05) is 24.8 Å². The van der Waals surface area contributed by atoms with Gasteiger partial charge in [0.15, 0.2) is 5.76 Å². The summed E-state index contributed by atoms with van der Waals surface area (Å²) in [6.45, 7) is 7.18. The van der Waals surface area contributed by atoms with Crippen LogP contribution < -0.4 is 0 Å². The van der Waals surface area contributed by atoms with Crippen molar-refractivity contribution in [3.63, 3.8) is 0 Å². The summed E-state index contributed by atoms with van der Waals surface area (Å²) in [4.78, 5) is 14.5. The van der Waals surface area contributed by atoms with Crippen molar-refractivity contribution in [2.75, 3.05) is 6.54 Å². The number of aromatic nitrogens is 2. The molecule has 1 saturated heterocycles. The van der Waals surface area contributed by atoms with Crippen LogP contribution in [0, 0.1) is 13.8 Å². The van der Waals surface area contributed by atoms with Crippen molar-refractivity contribution in [2.24, 2.45) is 0 Å². The fraction of sp³-hybridized carbons (Fsp3) is 0.529. The monoisotopic (exact) mass is 335 g/mol. The minimum Gasteiger partial charge on any atom is -0.454 e. The standard InChI is InChI=1S/C17H22ClN3O2/c1-11-6-4-5-9-20(11)17(22)15-8-7-14(23-15)10-21-13(3)16(18)12(2)19-21/h7-8,11H,4-6,9-10H2,1-3H3. The molecule has 0 bridgehead atoms. The van der Waals surface area contributed by atoms with Gasteiger partial charge >= 0.3 is 0 Å². The lowest BCUT2D eigenvalue weighted by Gasteiger charge is -2.32. The molecule has 1 aliphatic rings. The summed E-state index contributed by atoms with van der Waals surface area (Å²) in [5, 5.41) is 5.07. The van der Waals surface area contributed by atoms with E-state index in [-0.39, 0.29) is 11.9 Å². The summed E-state index contributed by atoms with van der Waals surface area (Å²) in [5.41, 5.74) is 1.70. The molecule has 2 aromatic heterocycles. The number of rotatable bonds is 3. The van der Waals surface area contributed by atoms with Crippen LogP contribution in [0.15, 0.2) is 16.5 Å². The van der Waals surface area contributed by atoms with E-state index in [0.29, 0.717) is 23.1 Å². The topological polar surface area (TPSA) is 51.3 Å². The van der Waals surface area contributed by atoms with Gasteiger partial charge in [-0.05, 0) is 52.2 Å². The van der Waals surface area contributed by atoms with Crippen molar-refractivity contribution in [3.05, 3.63) is 40.1 Å². The smallest absolute Gasteiger partial charge is 0.289 e. The highest BCUT2D eigenvalue weighted by Crippen LogP contribution is 2.22. The van der Waals surface area contributed by atoms with Crippen molar-refractivity contribution in [1.82, 2.24) is 14.7 Å². The Morgan fingerprint density at radius 2 is 2.17 bits per heavy atom.